The molecular weight excluding hydrogens is 156 g/mol. The molecule has 1 rings (SSSR count). The molecule has 0 aliphatic rings. The van der Waals surface area contributed by atoms with Crippen molar-refractivity contribution in [1.29, 1.82) is 0 Å². The van der Waals surface area contributed by atoms with Gasteiger partial charge in [-0.05, 0) is 18.1 Å². The molecule has 0 fully saturated rings. The van der Waals surface area contributed by atoms with E-state index < -0.39 is 0 Å². The molecule has 4 N–H and O–H groups in total. The zero-order chi connectivity index (χ0) is 8.97. The SMILES string of the molecule is N[C@H](CCO)c1cncc(O)c1. The van der Waals surface area contributed by atoms with Gasteiger partial charge in [0.1, 0.15) is 5.75 Å². The van der Waals surface area contributed by atoms with Crippen LogP contribution in [0.15, 0.2) is 18.5 Å². The van der Waals surface area contributed by atoms with Gasteiger partial charge in [0, 0.05) is 18.8 Å². The Hall–Kier alpha value is -1.13. The summed E-state index contributed by atoms with van der Waals surface area (Å²) in [5.74, 6) is 0.0980. The third-order valence-corrected chi connectivity index (χ3v) is 1.61. The Morgan fingerprint density at radius 2 is 2.25 bits per heavy atom. The van der Waals surface area contributed by atoms with Crippen LogP contribution in [-0.4, -0.2) is 21.8 Å². The first kappa shape index (κ1) is 8.96. The highest BCUT2D eigenvalue weighted by atomic mass is 16.3. The van der Waals surface area contributed by atoms with Gasteiger partial charge in [-0.1, -0.05) is 0 Å². The Morgan fingerprint density at radius 3 is 2.83 bits per heavy atom. The summed E-state index contributed by atoms with van der Waals surface area (Å²) in [6, 6.07) is 1.29. The van der Waals surface area contributed by atoms with Crippen molar-refractivity contribution < 1.29 is 10.2 Å². The fraction of sp³-hybridized carbons (Fsp3) is 0.375. The maximum atomic E-state index is 9.05. The van der Waals surface area contributed by atoms with Gasteiger partial charge < -0.3 is 15.9 Å². The third-order valence-electron chi connectivity index (χ3n) is 1.61. The molecule has 1 aromatic heterocycles. The number of nitrogens with zero attached hydrogens (tertiary/aromatic N) is 1. The molecular formula is C8H12N2O2. The van der Waals surface area contributed by atoms with E-state index in [1.54, 1.807) is 12.3 Å². The van der Waals surface area contributed by atoms with Crippen LogP contribution < -0.4 is 5.73 Å². The van der Waals surface area contributed by atoms with E-state index in [4.69, 9.17) is 15.9 Å². The van der Waals surface area contributed by atoms with E-state index in [-0.39, 0.29) is 18.4 Å². The van der Waals surface area contributed by atoms with Crippen LogP contribution in [0.2, 0.25) is 0 Å². The van der Waals surface area contributed by atoms with Gasteiger partial charge in [-0.25, -0.2) is 0 Å². The normalized spacial score (nSPS) is 12.8. The number of nitrogens with two attached hydrogens (primary N) is 1. The lowest BCUT2D eigenvalue weighted by Crippen LogP contribution is -2.11. The predicted molar refractivity (Wildman–Crippen MR) is 44.5 cm³/mol. The minimum Gasteiger partial charge on any atom is -0.506 e. The number of hydrogen-bond acceptors (Lipinski definition) is 4. The first-order valence-corrected chi connectivity index (χ1v) is 3.74. The lowest BCUT2D eigenvalue weighted by Gasteiger charge is -2.09. The van der Waals surface area contributed by atoms with E-state index in [0.29, 0.717) is 6.42 Å². The second-order valence-corrected chi connectivity index (χ2v) is 2.60. The lowest BCUT2D eigenvalue weighted by molar-refractivity contribution is 0.276. The Morgan fingerprint density at radius 1 is 1.50 bits per heavy atom. The molecule has 12 heavy (non-hydrogen) atoms. The molecule has 0 aromatic carbocycles. The molecule has 0 saturated carbocycles. The first-order valence-electron chi connectivity index (χ1n) is 3.74. The van der Waals surface area contributed by atoms with Crippen LogP contribution in [0.25, 0.3) is 0 Å². The summed E-state index contributed by atoms with van der Waals surface area (Å²) >= 11 is 0. The summed E-state index contributed by atoms with van der Waals surface area (Å²) in [5.41, 5.74) is 6.40. The van der Waals surface area contributed by atoms with Crippen LogP contribution in [0.5, 0.6) is 5.75 Å². The summed E-state index contributed by atoms with van der Waals surface area (Å²) in [7, 11) is 0. The fourth-order valence-electron chi connectivity index (χ4n) is 0.954. The molecule has 0 aliphatic carbocycles. The molecule has 1 heterocycles. The molecule has 0 spiro atoms. The molecule has 0 amide bonds. The topological polar surface area (TPSA) is 79.4 Å². The Kier molecular flexibility index (Phi) is 3.01. The van der Waals surface area contributed by atoms with Gasteiger partial charge in [-0.15, -0.1) is 0 Å². The van der Waals surface area contributed by atoms with Crippen LogP contribution in [-0.2, 0) is 0 Å². The maximum absolute atomic E-state index is 9.05. The average molecular weight is 168 g/mol. The summed E-state index contributed by atoms with van der Waals surface area (Å²) in [5, 5.41) is 17.7. The number of aromatic nitrogens is 1. The molecule has 66 valence electrons. The van der Waals surface area contributed by atoms with E-state index in [2.05, 4.69) is 4.98 Å². The number of hydrogen-bond donors (Lipinski definition) is 3. The van der Waals surface area contributed by atoms with Gasteiger partial charge in [0.2, 0.25) is 0 Å². The van der Waals surface area contributed by atoms with Crippen LogP contribution in [0, 0.1) is 0 Å². The lowest BCUT2D eigenvalue weighted by atomic mass is 10.1. The average Bonchev–Trinajstić information content (AvgIpc) is 2.05. The van der Waals surface area contributed by atoms with E-state index in [9.17, 15) is 0 Å². The second-order valence-electron chi connectivity index (χ2n) is 2.60. The van der Waals surface area contributed by atoms with E-state index in [0.717, 1.165) is 5.56 Å². The summed E-state index contributed by atoms with van der Waals surface area (Å²) in [4.78, 5) is 3.78. The highest BCUT2D eigenvalue weighted by Gasteiger charge is 2.05. The third kappa shape index (κ3) is 2.18. The minimum absolute atomic E-state index is 0.0385. The van der Waals surface area contributed by atoms with Crippen molar-refractivity contribution in [1.82, 2.24) is 4.98 Å². The Bertz CT molecular complexity index is 253. The molecule has 0 bridgehead atoms. The van der Waals surface area contributed by atoms with Crippen LogP contribution >= 0.6 is 0 Å². The van der Waals surface area contributed by atoms with Crippen molar-refractivity contribution in [3.05, 3.63) is 24.0 Å². The van der Waals surface area contributed by atoms with E-state index >= 15 is 0 Å². The summed E-state index contributed by atoms with van der Waals surface area (Å²) < 4.78 is 0. The van der Waals surface area contributed by atoms with E-state index in [1.165, 1.54) is 6.20 Å². The van der Waals surface area contributed by atoms with Crippen molar-refractivity contribution in [3.8, 4) is 5.75 Å². The summed E-state index contributed by atoms with van der Waals surface area (Å²) in [6.07, 6.45) is 3.40. The second kappa shape index (κ2) is 4.04. The van der Waals surface area contributed by atoms with Crippen LogP contribution in [0.1, 0.15) is 18.0 Å². The van der Waals surface area contributed by atoms with Crippen molar-refractivity contribution in [2.24, 2.45) is 5.73 Å². The van der Waals surface area contributed by atoms with Gasteiger partial charge in [-0.2, -0.15) is 0 Å². The molecule has 0 radical (unpaired) electrons. The van der Waals surface area contributed by atoms with Crippen molar-refractivity contribution in [2.75, 3.05) is 6.61 Å². The molecule has 4 nitrogen and oxygen atoms in total. The molecule has 1 atom stereocenters. The molecule has 1 aromatic rings. The smallest absolute Gasteiger partial charge is 0.134 e. The molecule has 0 saturated heterocycles. The molecule has 0 unspecified atom stereocenters. The largest absolute Gasteiger partial charge is 0.506 e. The predicted octanol–water partition coefficient (Wildman–Crippen LogP) is 0.169. The van der Waals surface area contributed by atoms with E-state index in [1.807, 2.05) is 0 Å². The van der Waals surface area contributed by atoms with Crippen LogP contribution in [0.4, 0.5) is 0 Å². The number of aromatic hydroxyl groups is 1. The standard InChI is InChI=1S/C8H12N2O2/c9-8(1-2-11)6-3-7(12)5-10-4-6/h3-5,8,11-12H,1-2,9H2/t8-/m1/s1. The Labute approximate surface area is 70.7 Å². The quantitative estimate of drug-likeness (QED) is 0.601. The van der Waals surface area contributed by atoms with Crippen molar-refractivity contribution >= 4 is 0 Å². The maximum Gasteiger partial charge on any atom is 0.134 e. The number of rotatable bonds is 3. The summed E-state index contributed by atoms with van der Waals surface area (Å²) in [6.45, 7) is 0.0385. The zero-order valence-corrected chi connectivity index (χ0v) is 6.64. The van der Waals surface area contributed by atoms with Gasteiger partial charge in [0.25, 0.3) is 0 Å². The number of aliphatic hydroxyl groups excluding tert-OH is 1. The van der Waals surface area contributed by atoms with Crippen molar-refractivity contribution in [2.45, 2.75) is 12.5 Å². The molecule has 0 aliphatic heterocycles. The monoisotopic (exact) mass is 168 g/mol. The zero-order valence-electron chi connectivity index (χ0n) is 6.64. The van der Waals surface area contributed by atoms with Gasteiger partial charge in [0.15, 0.2) is 0 Å². The highest BCUT2D eigenvalue weighted by Crippen LogP contribution is 2.16. The van der Waals surface area contributed by atoms with Crippen molar-refractivity contribution in [3.63, 3.8) is 0 Å². The van der Waals surface area contributed by atoms with Gasteiger partial charge in [0.05, 0.1) is 6.20 Å². The molecule has 4 heteroatoms. The van der Waals surface area contributed by atoms with Gasteiger partial charge >= 0.3 is 0 Å². The first-order chi connectivity index (χ1) is 5.74. The fourth-order valence-corrected chi connectivity index (χ4v) is 0.954. The number of pyridine rings is 1. The van der Waals surface area contributed by atoms with Crippen LogP contribution in [0.3, 0.4) is 0 Å². The number of aliphatic hydroxyl groups is 1. The minimum atomic E-state index is -0.255. The Balaban J connectivity index is 2.73. The highest BCUT2D eigenvalue weighted by molar-refractivity contribution is 5.24. The van der Waals surface area contributed by atoms with Gasteiger partial charge in [-0.3, -0.25) is 4.98 Å².